The number of ether oxygens (including phenoxy) is 1. The van der Waals surface area contributed by atoms with Crippen LogP contribution >= 0.6 is 23.2 Å². The molecule has 0 saturated carbocycles. The first-order valence-corrected chi connectivity index (χ1v) is 5.83. The molecule has 19 heavy (non-hydrogen) atoms. The highest BCUT2D eigenvalue weighted by Gasteiger charge is 2.10. The summed E-state index contributed by atoms with van der Waals surface area (Å²) in [7, 11) is 0. The van der Waals surface area contributed by atoms with Crippen molar-refractivity contribution in [3.63, 3.8) is 0 Å². The van der Waals surface area contributed by atoms with Crippen molar-refractivity contribution in [2.24, 2.45) is 5.73 Å². The molecule has 0 fully saturated rings. The summed E-state index contributed by atoms with van der Waals surface area (Å²) in [5, 5.41) is 2.46. The predicted octanol–water partition coefficient (Wildman–Crippen LogP) is 1.27. The van der Waals surface area contributed by atoms with Crippen LogP contribution in [0.25, 0.3) is 0 Å². The van der Waals surface area contributed by atoms with Crippen LogP contribution < -0.4 is 11.1 Å². The van der Waals surface area contributed by atoms with E-state index in [-0.39, 0.29) is 6.42 Å². The van der Waals surface area contributed by atoms with Crippen molar-refractivity contribution < 1.29 is 19.1 Å². The van der Waals surface area contributed by atoms with Gasteiger partial charge >= 0.3 is 12.0 Å². The van der Waals surface area contributed by atoms with Gasteiger partial charge in [-0.1, -0.05) is 29.3 Å². The molecular weight excluding hydrogens is 295 g/mol. The minimum Gasteiger partial charge on any atom is -0.455 e. The van der Waals surface area contributed by atoms with Gasteiger partial charge in [-0.15, -0.1) is 0 Å². The number of esters is 1. The van der Waals surface area contributed by atoms with E-state index in [1.165, 1.54) is 6.07 Å². The first kappa shape index (κ1) is 15.3. The predicted molar refractivity (Wildman–Crippen MR) is 68.9 cm³/mol. The minimum atomic E-state index is -1.01. The fourth-order valence-corrected chi connectivity index (χ4v) is 1.51. The molecule has 0 unspecified atom stereocenters. The van der Waals surface area contributed by atoms with Crippen LogP contribution in [0.3, 0.4) is 0 Å². The van der Waals surface area contributed by atoms with Gasteiger partial charge in [0.05, 0.1) is 16.5 Å². The molecule has 0 saturated heterocycles. The fraction of sp³-hybridized carbons (Fsp3) is 0.182. The molecule has 0 atom stereocenters. The third kappa shape index (κ3) is 5.58. The number of hydrogen-bond donors (Lipinski definition) is 2. The Labute approximate surface area is 118 Å². The van der Waals surface area contributed by atoms with E-state index in [1.807, 2.05) is 0 Å². The van der Waals surface area contributed by atoms with Crippen molar-refractivity contribution >= 4 is 41.1 Å². The zero-order chi connectivity index (χ0) is 14.4. The zero-order valence-electron chi connectivity index (χ0n) is 9.61. The summed E-state index contributed by atoms with van der Waals surface area (Å²) in [4.78, 5) is 32.7. The molecule has 0 aliphatic carbocycles. The van der Waals surface area contributed by atoms with Gasteiger partial charge in [0.2, 0.25) is 0 Å². The van der Waals surface area contributed by atoms with Gasteiger partial charge in [0, 0.05) is 0 Å². The number of nitrogens with two attached hydrogens (primary N) is 1. The summed E-state index contributed by atoms with van der Waals surface area (Å²) in [6.45, 7) is -0.580. The van der Waals surface area contributed by atoms with E-state index >= 15 is 0 Å². The van der Waals surface area contributed by atoms with E-state index in [4.69, 9.17) is 28.9 Å². The van der Waals surface area contributed by atoms with Crippen molar-refractivity contribution in [3.05, 3.63) is 33.8 Å². The number of benzene rings is 1. The molecule has 8 heteroatoms. The second-order valence-electron chi connectivity index (χ2n) is 3.50. The number of nitrogens with one attached hydrogen (secondary N) is 1. The molecule has 0 radical (unpaired) electrons. The fourth-order valence-electron chi connectivity index (χ4n) is 1.19. The van der Waals surface area contributed by atoms with Crippen molar-refractivity contribution in [2.75, 3.05) is 6.61 Å². The first-order chi connectivity index (χ1) is 8.88. The van der Waals surface area contributed by atoms with E-state index in [2.05, 4.69) is 4.74 Å². The number of carbonyl (C=O) groups is 3. The summed E-state index contributed by atoms with van der Waals surface area (Å²) in [6.07, 6.45) is -0.0687. The van der Waals surface area contributed by atoms with E-state index in [0.717, 1.165) is 0 Å². The maximum atomic E-state index is 11.4. The quantitative estimate of drug-likeness (QED) is 0.818. The molecule has 3 N–H and O–H groups in total. The summed E-state index contributed by atoms with van der Waals surface area (Å²) < 4.78 is 4.64. The Morgan fingerprint density at radius 2 is 1.89 bits per heavy atom. The average Bonchev–Trinajstić information content (AvgIpc) is 2.30. The maximum Gasteiger partial charge on any atom is 0.318 e. The van der Waals surface area contributed by atoms with Crippen LogP contribution in [0.5, 0.6) is 0 Å². The Balaban J connectivity index is 2.45. The molecule has 0 aliphatic heterocycles. The monoisotopic (exact) mass is 304 g/mol. The Hall–Kier alpha value is -1.79. The topological polar surface area (TPSA) is 98.5 Å². The van der Waals surface area contributed by atoms with E-state index in [9.17, 15) is 14.4 Å². The summed E-state index contributed by atoms with van der Waals surface area (Å²) in [6, 6.07) is 3.67. The lowest BCUT2D eigenvalue weighted by Crippen LogP contribution is -2.37. The lowest BCUT2D eigenvalue weighted by Gasteiger charge is -2.05. The molecule has 1 rings (SSSR count). The average molecular weight is 305 g/mol. The normalized spacial score (nSPS) is 9.79. The molecule has 102 valence electrons. The number of amides is 3. The highest BCUT2D eigenvalue weighted by Crippen LogP contribution is 2.22. The second kappa shape index (κ2) is 6.96. The van der Waals surface area contributed by atoms with Gasteiger partial charge in [0.15, 0.2) is 6.61 Å². The van der Waals surface area contributed by atoms with Gasteiger partial charge in [-0.05, 0) is 17.7 Å². The molecule has 0 heterocycles. The molecule has 3 amide bonds. The number of primary amides is 1. The number of urea groups is 1. The SMILES string of the molecule is NC(=O)NC(=O)COC(=O)Cc1ccc(Cl)c(Cl)c1. The van der Waals surface area contributed by atoms with Crippen molar-refractivity contribution in [1.82, 2.24) is 5.32 Å². The lowest BCUT2D eigenvalue weighted by atomic mass is 10.1. The molecule has 0 aromatic heterocycles. The highest BCUT2D eigenvalue weighted by atomic mass is 35.5. The Kier molecular flexibility index (Phi) is 5.59. The Morgan fingerprint density at radius 3 is 2.47 bits per heavy atom. The van der Waals surface area contributed by atoms with E-state index in [1.54, 1.807) is 17.4 Å². The zero-order valence-corrected chi connectivity index (χ0v) is 11.1. The Bertz CT molecular complexity index is 519. The molecule has 6 nitrogen and oxygen atoms in total. The lowest BCUT2D eigenvalue weighted by molar-refractivity contribution is -0.147. The van der Waals surface area contributed by atoms with Gasteiger partial charge in [0.25, 0.3) is 5.91 Å². The van der Waals surface area contributed by atoms with Gasteiger partial charge in [-0.25, -0.2) is 4.79 Å². The first-order valence-electron chi connectivity index (χ1n) is 5.07. The van der Waals surface area contributed by atoms with Crippen LogP contribution in [0.2, 0.25) is 10.0 Å². The van der Waals surface area contributed by atoms with Gasteiger partial charge in [-0.3, -0.25) is 14.9 Å². The van der Waals surface area contributed by atoms with Gasteiger partial charge in [-0.2, -0.15) is 0 Å². The van der Waals surface area contributed by atoms with Crippen molar-refractivity contribution in [2.45, 2.75) is 6.42 Å². The van der Waals surface area contributed by atoms with Crippen LogP contribution in [-0.4, -0.2) is 24.5 Å². The standard InChI is InChI=1S/C11H10Cl2N2O4/c12-7-2-1-6(3-8(7)13)4-10(17)19-5-9(16)15-11(14)18/h1-3H,4-5H2,(H3,14,15,16,18). The molecule has 1 aromatic rings. The molecular formula is C11H10Cl2N2O4. The van der Waals surface area contributed by atoms with Crippen LogP contribution in [0.15, 0.2) is 18.2 Å². The molecule has 1 aromatic carbocycles. The minimum absolute atomic E-state index is 0.0687. The van der Waals surface area contributed by atoms with Crippen molar-refractivity contribution in [3.8, 4) is 0 Å². The number of carbonyl (C=O) groups excluding carboxylic acids is 3. The van der Waals surface area contributed by atoms with Crippen LogP contribution in [-0.2, 0) is 20.7 Å². The second-order valence-corrected chi connectivity index (χ2v) is 4.31. The smallest absolute Gasteiger partial charge is 0.318 e. The maximum absolute atomic E-state index is 11.4. The summed E-state index contributed by atoms with van der Waals surface area (Å²) in [5.74, 6) is -1.44. The third-order valence-corrected chi connectivity index (χ3v) is 2.70. The number of imide groups is 1. The largest absolute Gasteiger partial charge is 0.455 e. The van der Waals surface area contributed by atoms with Gasteiger partial charge in [0.1, 0.15) is 0 Å². The molecule has 0 bridgehead atoms. The van der Waals surface area contributed by atoms with E-state index < -0.39 is 24.5 Å². The number of halogens is 2. The molecule has 0 aliphatic rings. The molecule has 0 spiro atoms. The third-order valence-electron chi connectivity index (χ3n) is 1.96. The van der Waals surface area contributed by atoms with E-state index in [0.29, 0.717) is 15.6 Å². The summed E-state index contributed by atoms with van der Waals surface area (Å²) >= 11 is 11.5. The van der Waals surface area contributed by atoms with Crippen LogP contribution in [0.4, 0.5) is 4.79 Å². The van der Waals surface area contributed by atoms with Crippen LogP contribution in [0.1, 0.15) is 5.56 Å². The highest BCUT2D eigenvalue weighted by molar-refractivity contribution is 6.42. The van der Waals surface area contributed by atoms with Crippen LogP contribution in [0, 0.1) is 0 Å². The number of rotatable bonds is 4. The number of hydrogen-bond acceptors (Lipinski definition) is 4. The Morgan fingerprint density at radius 1 is 1.21 bits per heavy atom. The summed E-state index contributed by atoms with van der Waals surface area (Å²) in [5.41, 5.74) is 5.31. The van der Waals surface area contributed by atoms with Gasteiger partial charge < -0.3 is 10.5 Å². The van der Waals surface area contributed by atoms with Crippen molar-refractivity contribution in [1.29, 1.82) is 0 Å².